The number of halogens is 1. The fraction of sp³-hybridized carbons (Fsp3) is 0.467. The van der Waals surface area contributed by atoms with E-state index >= 15 is 0 Å². The van der Waals surface area contributed by atoms with Gasteiger partial charge in [-0.2, -0.15) is 0 Å². The fourth-order valence-corrected chi connectivity index (χ4v) is 1.50. The van der Waals surface area contributed by atoms with Gasteiger partial charge < -0.3 is 20.1 Å². The van der Waals surface area contributed by atoms with Crippen LogP contribution in [0.1, 0.15) is 20.8 Å². The molecule has 1 unspecified atom stereocenters. The molecule has 0 spiro atoms. The Morgan fingerprint density at radius 3 is 2.32 bits per heavy atom. The number of hydrogen-bond acceptors (Lipinski definition) is 4. The van der Waals surface area contributed by atoms with Crippen LogP contribution in [0.4, 0.5) is 14.9 Å². The lowest BCUT2D eigenvalue weighted by molar-refractivity contribution is -0.145. The third-order valence-electron chi connectivity index (χ3n) is 2.58. The summed E-state index contributed by atoms with van der Waals surface area (Å²) < 4.78 is 22.9. The molecule has 0 radical (unpaired) electrons. The van der Waals surface area contributed by atoms with Crippen molar-refractivity contribution >= 4 is 17.7 Å². The topological polar surface area (TPSA) is 76.7 Å². The molecule has 0 aliphatic carbocycles. The lowest BCUT2D eigenvalue weighted by Gasteiger charge is -2.23. The van der Waals surface area contributed by atoms with Gasteiger partial charge in [-0.05, 0) is 45.0 Å². The van der Waals surface area contributed by atoms with Crippen molar-refractivity contribution in [2.45, 2.75) is 32.4 Å². The predicted octanol–water partition coefficient (Wildman–Crippen LogP) is 2.30. The zero-order valence-corrected chi connectivity index (χ0v) is 13.1. The molecule has 1 aromatic rings. The summed E-state index contributed by atoms with van der Waals surface area (Å²) in [5, 5.41) is 4.96. The number of amides is 2. The van der Waals surface area contributed by atoms with E-state index in [0.29, 0.717) is 5.69 Å². The van der Waals surface area contributed by atoms with E-state index in [2.05, 4.69) is 15.4 Å². The van der Waals surface area contributed by atoms with Crippen molar-refractivity contribution < 1.29 is 23.5 Å². The highest BCUT2D eigenvalue weighted by Crippen LogP contribution is 2.09. The van der Waals surface area contributed by atoms with Crippen LogP contribution in [-0.2, 0) is 14.3 Å². The number of methoxy groups -OCH3 is 1. The van der Waals surface area contributed by atoms with Crippen LogP contribution in [0.3, 0.4) is 0 Å². The summed E-state index contributed by atoms with van der Waals surface area (Å²) in [5.74, 6) is -1.02. The minimum atomic E-state index is -0.940. The van der Waals surface area contributed by atoms with E-state index in [1.165, 1.54) is 31.4 Å². The minimum absolute atomic E-state index is 0.0208. The number of urea groups is 1. The van der Waals surface area contributed by atoms with Gasteiger partial charge in [0, 0.05) is 5.69 Å². The Balaban J connectivity index is 2.62. The monoisotopic (exact) mass is 312 g/mol. The van der Waals surface area contributed by atoms with Gasteiger partial charge in [0.25, 0.3) is 0 Å². The number of esters is 1. The Labute approximate surface area is 129 Å². The van der Waals surface area contributed by atoms with E-state index < -0.39 is 29.5 Å². The molecule has 1 aromatic carbocycles. The van der Waals surface area contributed by atoms with Gasteiger partial charge in [0.15, 0.2) is 6.04 Å². The first-order valence-electron chi connectivity index (χ1n) is 6.76. The van der Waals surface area contributed by atoms with Crippen molar-refractivity contribution in [2.75, 3.05) is 19.0 Å². The lowest BCUT2D eigenvalue weighted by Crippen LogP contribution is -2.47. The van der Waals surface area contributed by atoms with E-state index in [1.807, 2.05) is 20.8 Å². The summed E-state index contributed by atoms with van der Waals surface area (Å²) in [6, 6.07) is 3.71. The van der Waals surface area contributed by atoms with Crippen LogP contribution < -0.4 is 10.6 Å². The summed E-state index contributed by atoms with van der Waals surface area (Å²) in [5.41, 5.74) is -0.0549. The number of carbonyl (C=O) groups excluding carboxylic acids is 2. The lowest BCUT2D eigenvalue weighted by atomic mass is 10.2. The van der Waals surface area contributed by atoms with Crippen LogP contribution >= 0.6 is 0 Å². The number of rotatable bonds is 5. The first kappa shape index (κ1) is 17.9. The molecular weight excluding hydrogens is 291 g/mol. The number of hydrogen-bond donors (Lipinski definition) is 2. The van der Waals surface area contributed by atoms with E-state index in [1.54, 1.807) is 0 Å². The average Bonchev–Trinajstić information content (AvgIpc) is 2.44. The van der Waals surface area contributed by atoms with Crippen molar-refractivity contribution in [3.05, 3.63) is 30.1 Å². The van der Waals surface area contributed by atoms with Crippen molar-refractivity contribution in [1.82, 2.24) is 5.32 Å². The zero-order chi connectivity index (χ0) is 16.8. The van der Waals surface area contributed by atoms with Crippen LogP contribution in [0.25, 0.3) is 0 Å². The van der Waals surface area contributed by atoms with E-state index in [4.69, 9.17) is 4.74 Å². The Kier molecular flexibility index (Phi) is 6.30. The van der Waals surface area contributed by atoms with Crippen molar-refractivity contribution in [3.8, 4) is 0 Å². The molecule has 0 saturated heterocycles. The molecule has 7 heteroatoms. The van der Waals surface area contributed by atoms with Crippen LogP contribution in [0.15, 0.2) is 24.3 Å². The van der Waals surface area contributed by atoms with Gasteiger partial charge in [0.2, 0.25) is 0 Å². The first-order valence-corrected chi connectivity index (χ1v) is 6.76. The summed E-state index contributed by atoms with van der Waals surface area (Å²) in [4.78, 5) is 23.5. The number of carbonyl (C=O) groups is 2. The van der Waals surface area contributed by atoms with Crippen LogP contribution in [0.5, 0.6) is 0 Å². The standard InChI is InChI=1S/C15H21FN2O4/c1-15(2,3)22-9-12(13(19)21-4)18-14(20)17-11-7-5-10(16)6-8-11/h5-8,12H,9H2,1-4H3,(H2,17,18,20). The Morgan fingerprint density at radius 1 is 1.23 bits per heavy atom. The molecule has 0 aliphatic heterocycles. The number of anilines is 1. The highest BCUT2D eigenvalue weighted by atomic mass is 19.1. The Hall–Kier alpha value is -2.15. The molecule has 2 amide bonds. The van der Waals surface area contributed by atoms with E-state index in [-0.39, 0.29) is 6.61 Å². The maximum Gasteiger partial charge on any atom is 0.330 e. The number of benzene rings is 1. The number of nitrogens with one attached hydrogen (secondary N) is 2. The quantitative estimate of drug-likeness (QED) is 0.818. The van der Waals surface area contributed by atoms with Crippen LogP contribution in [-0.4, -0.2) is 37.4 Å². The van der Waals surface area contributed by atoms with Crippen molar-refractivity contribution in [2.24, 2.45) is 0 Å². The van der Waals surface area contributed by atoms with Gasteiger partial charge in [-0.25, -0.2) is 14.0 Å². The molecule has 122 valence electrons. The molecule has 1 rings (SSSR count). The molecule has 0 aliphatic rings. The fourth-order valence-electron chi connectivity index (χ4n) is 1.50. The Bertz CT molecular complexity index is 511. The second kappa shape index (κ2) is 7.74. The molecule has 0 bridgehead atoms. The SMILES string of the molecule is COC(=O)C(COC(C)(C)C)NC(=O)Nc1ccc(F)cc1. The van der Waals surface area contributed by atoms with E-state index in [9.17, 15) is 14.0 Å². The Morgan fingerprint density at radius 2 is 1.82 bits per heavy atom. The molecule has 0 heterocycles. The van der Waals surface area contributed by atoms with Gasteiger partial charge in [-0.15, -0.1) is 0 Å². The zero-order valence-electron chi connectivity index (χ0n) is 13.1. The molecule has 0 fully saturated rings. The maximum atomic E-state index is 12.8. The van der Waals surface area contributed by atoms with E-state index in [0.717, 1.165) is 0 Å². The third kappa shape index (κ3) is 6.53. The summed E-state index contributed by atoms with van der Waals surface area (Å²) >= 11 is 0. The normalized spacial score (nSPS) is 12.4. The molecule has 22 heavy (non-hydrogen) atoms. The highest BCUT2D eigenvalue weighted by Gasteiger charge is 2.24. The smallest absolute Gasteiger partial charge is 0.330 e. The molecule has 1 atom stereocenters. The highest BCUT2D eigenvalue weighted by molar-refractivity contribution is 5.92. The summed E-state index contributed by atoms with van der Waals surface area (Å²) in [7, 11) is 1.23. The molecule has 6 nitrogen and oxygen atoms in total. The van der Waals surface area contributed by atoms with Gasteiger partial charge >= 0.3 is 12.0 Å². The summed E-state index contributed by atoms with van der Waals surface area (Å²) in [6.07, 6.45) is 0. The third-order valence-corrected chi connectivity index (χ3v) is 2.58. The van der Waals surface area contributed by atoms with Gasteiger partial charge in [0.1, 0.15) is 5.82 Å². The van der Waals surface area contributed by atoms with Gasteiger partial charge in [0.05, 0.1) is 19.3 Å². The molecule has 0 aromatic heterocycles. The first-order chi connectivity index (χ1) is 10.2. The number of ether oxygens (including phenoxy) is 2. The van der Waals surface area contributed by atoms with Gasteiger partial charge in [-0.1, -0.05) is 0 Å². The molecule has 2 N–H and O–H groups in total. The second-order valence-electron chi connectivity index (χ2n) is 5.60. The minimum Gasteiger partial charge on any atom is -0.467 e. The molecular formula is C15H21FN2O4. The van der Waals surface area contributed by atoms with Crippen molar-refractivity contribution in [3.63, 3.8) is 0 Å². The van der Waals surface area contributed by atoms with Gasteiger partial charge in [-0.3, -0.25) is 0 Å². The average molecular weight is 312 g/mol. The molecule has 0 saturated carbocycles. The van der Waals surface area contributed by atoms with Crippen LogP contribution in [0.2, 0.25) is 0 Å². The predicted molar refractivity (Wildman–Crippen MR) is 80.1 cm³/mol. The van der Waals surface area contributed by atoms with Crippen molar-refractivity contribution in [1.29, 1.82) is 0 Å². The largest absolute Gasteiger partial charge is 0.467 e. The van der Waals surface area contributed by atoms with Crippen LogP contribution in [0, 0.1) is 5.82 Å². The summed E-state index contributed by atoms with van der Waals surface area (Å²) in [6.45, 7) is 5.48. The maximum absolute atomic E-state index is 12.8. The second-order valence-corrected chi connectivity index (χ2v) is 5.60.